The molecule has 0 aliphatic heterocycles. The van der Waals surface area contributed by atoms with E-state index < -0.39 is 6.10 Å². The van der Waals surface area contributed by atoms with E-state index in [0.29, 0.717) is 19.3 Å². The Balaban J connectivity index is 4.21. The minimum atomic E-state index is -0.790. The third-order valence-corrected chi connectivity index (χ3v) is 15.6. The summed E-state index contributed by atoms with van der Waals surface area (Å²) in [6.07, 6.45) is 95.9. The molecule has 1 atom stereocenters. The van der Waals surface area contributed by atoms with E-state index >= 15 is 0 Å². The molecule has 478 valence electrons. The van der Waals surface area contributed by atoms with E-state index in [4.69, 9.17) is 14.2 Å². The molecule has 0 bridgehead atoms. The third-order valence-electron chi connectivity index (χ3n) is 15.6. The molecule has 83 heavy (non-hydrogen) atoms. The maximum absolute atomic E-state index is 12.9. The van der Waals surface area contributed by atoms with Crippen LogP contribution in [0.3, 0.4) is 0 Å². The van der Waals surface area contributed by atoms with Crippen LogP contribution in [0.5, 0.6) is 0 Å². The first kappa shape index (κ1) is 79.3. The van der Waals surface area contributed by atoms with Gasteiger partial charge in [0, 0.05) is 19.3 Å². The Morgan fingerprint density at radius 2 is 0.470 bits per heavy atom. The number of esters is 3. The summed E-state index contributed by atoms with van der Waals surface area (Å²) in [5.74, 6) is -0.894. The van der Waals surface area contributed by atoms with Crippen molar-refractivity contribution in [2.24, 2.45) is 0 Å². The summed E-state index contributed by atoms with van der Waals surface area (Å²) < 4.78 is 16.9. The molecule has 0 heterocycles. The van der Waals surface area contributed by atoms with Crippen molar-refractivity contribution in [3.8, 4) is 0 Å². The van der Waals surface area contributed by atoms with Crippen LogP contribution < -0.4 is 0 Å². The highest BCUT2D eigenvalue weighted by Gasteiger charge is 2.19. The van der Waals surface area contributed by atoms with Crippen LogP contribution in [0, 0.1) is 0 Å². The maximum Gasteiger partial charge on any atom is 0.306 e. The van der Waals surface area contributed by atoms with Crippen LogP contribution in [0.4, 0.5) is 0 Å². The van der Waals surface area contributed by atoms with Crippen molar-refractivity contribution >= 4 is 17.9 Å². The normalized spacial score (nSPS) is 12.7. The molecular formula is C77H134O6. The van der Waals surface area contributed by atoms with Crippen molar-refractivity contribution in [2.45, 2.75) is 361 Å². The monoisotopic (exact) mass is 1160 g/mol. The van der Waals surface area contributed by atoms with Crippen LogP contribution in [0.15, 0.2) is 97.2 Å². The van der Waals surface area contributed by atoms with Crippen LogP contribution in [-0.2, 0) is 28.6 Å². The average Bonchev–Trinajstić information content (AvgIpc) is 3.48. The van der Waals surface area contributed by atoms with Gasteiger partial charge >= 0.3 is 17.9 Å². The highest BCUT2D eigenvalue weighted by Crippen LogP contribution is 2.17. The Labute approximate surface area is 515 Å². The van der Waals surface area contributed by atoms with E-state index in [9.17, 15) is 14.4 Å². The molecule has 6 heteroatoms. The minimum Gasteiger partial charge on any atom is -0.462 e. The largest absolute Gasteiger partial charge is 0.462 e. The number of unbranched alkanes of at least 4 members (excludes halogenated alkanes) is 38. The van der Waals surface area contributed by atoms with Gasteiger partial charge in [-0.2, -0.15) is 0 Å². The second kappa shape index (κ2) is 70.8. The van der Waals surface area contributed by atoms with Crippen molar-refractivity contribution in [1.82, 2.24) is 0 Å². The smallest absolute Gasteiger partial charge is 0.306 e. The van der Waals surface area contributed by atoms with Gasteiger partial charge in [0.25, 0.3) is 0 Å². The minimum absolute atomic E-state index is 0.0843. The van der Waals surface area contributed by atoms with E-state index in [-0.39, 0.29) is 31.1 Å². The number of hydrogen-bond donors (Lipinski definition) is 0. The lowest BCUT2D eigenvalue weighted by Gasteiger charge is -2.18. The number of rotatable bonds is 65. The molecule has 0 N–H and O–H groups in total. The molecule has 0 aromatic heterocycles. The Kier molecular flexibility index (Phi) is 67.7. The second-order valence-corrected chi connectivity index (χ2v) is 23.8. The zero-order valence-electron chi connectivity index (χ0n) is 54.9. The molecule has 0 aromatic carbocycles. The standard InChI is InChI=1S/C77H134O6/c1-4-7-10-13-16-19-22-24-26-28-30-32-34-35-36-37-38-39-40-41-43-44-46-48-50-52-55-58-61-64-67-70-76(79)82-73-74(72-81-75(78)69-66-63-60-57-54-21-18-15-12-9-6-3)83-77(80)71-68-65-62-59-56-53-51-49-47-45-42-33-31-29-27-25-23-20-17-14-11-8-5-2/h8,11,17,20,22,24-25,27-28,30-31,33,45,47,51,53,74H,4-7,9-10,12-16,18-19,21,23,26,29,32,34-44,46,48-50,52,54-73H2,1-3H3/b11-8-,20-17-,24-22-,27-25-,30-28-,33-31-,47-45-,53-51-. The predicted molar refractivity (Wildman–Crippen MR) is 362 cm³/mol. The average molecular weight is 1160 g/mol. The van der Waals surface area contributed by atoms with Crippen LogP contribution in [0.2, 0.25) is 0 Å². The third kappa shape index (κ3) is 69.0. The lowest BCUT2D eigenvalue weighted by atomic mass is 10.0. The summed E-state index contributed by atoms with van der Waals surface area (Å²) in [5.41, 5.74) is 0. The molecule has 0 saturated heterocycles. The number of carbonyl (C=O) groups is 3. The van der Waals surface area contributed by atoms with Gasteiger partial charge in [0.2, 0.25) is 0 Å². The molecule has 0 saturated carbocycles. The summed E-state index contributed by atoms with van der Waals surface area (Å²) in [6.45, 7) is 6.53. The first-order chi connectivity index (χ1) is 41.0. The summed E-state index contributed by atoms with van der Waals surface area (Å²) in [6, 6.07) is 0. The molecular weight excluding hydrogens is 1020 g/mol. The van der Waals surface area contributed by atoms with Gasteiger partial charge in [0.15, 0.2) is 6.10 Å². The lowest BCUT2D eigenvalue weighted by Crippen LogP contribution is -2.30. The molecule has 0 aliphatic rings. The van der Waals surface area contributed by atoms with Crippen LogP contribution in [0.1, 0.15) is 355 Å². The van der Waals surface area contributed by atoms with Crippen LogP contribution in [-0.4, -0.2) is 37.2 Å². The van der Waals surface area contributed by atoms with Gasteiger partial charge < -0.3 is 14.2 Å². The van der Waals surface area contributed by atoms with Crippen molar-refractivity contribution in [3.63, 3.8) is 0 Å². The zero-order valence-corrected chi connectivity index (χ0v) is 54.9. The van der Waals surface area contributed by atoms with Crippen molar-refractivity contribution in [3.05, 3.63) is 97.2 Å². The number of hydrogen-bond acceptors (Lipinski definition) is 6. The Bertz CT molecular complexity index is 1610. The Morgan fingerprint density at radius 1 is 0.253 bits per heavy atom. The number of carbonyl (C=O) groups excluding carboxylic acids is 3. The van der Waals surface area contributed by atoms with E-state index in [1.807, 2.05) is 0 Å². The first-order valence-corrected chi connectivity index (χ1v) is 35.7. The van der Waals surface area contributed by atoms with Gasteiger partial charge in [-0.1, -0.05) is 330 Å². The predicted octanol–water partition coefficient (Wildman–Crippen LogP) is 24.8. The molecule has 0 spiro atoms. The summed E-state index contributed by atoms with van der Waals surface area (Å²) >= 11 is 0. The molecule has 0 aliphatic carbocycles. The zero-order chi connectivity index (χ0) is 59.9. The lowest BCUT2D eigenvalue weighted by molar-refractivity contribution is -0.167. The van der Waals surface area contributed by atoms with Crippen LogP contribution >= 0.6 is 0 Å². The summed E-state index contributed by atoms with van der Waals surface area (Å²) in [5, 5.41) is 0. The number of ether oxygens (including phenoxy) is 3. The van der Waals surface area contributed by atoms with Gasteiger partial charge in [0.1, 0.15) is 13.2 Å². The highest BCUT2D eigenvalue weighted by molar-refractivity contribution is 5.71. The Morgan fingerprint density at radius 3 is 0.735 bits per heavy atom. The second-order valence-electron chi connectivity index (χ2n) is 23.8. The fraction of sp³-hybridized carbons (Fsp3) is 0.753. The molecule has 0 amide bonds. The van der Waals surface area contributed by atoms with Crippen LogP contribution in [0.25, 0.3) is 0 Å². The summed E-state index contributed by atoms with van der Waals surface area (Å²) in [7, 11) is 0. The molecule has 1 unspecified atom stereocenters. The van der Waals surface area contributed by atoms with Gasteiger partial charge in [-0.25, -0.2) is 0 Å². The molecule has 0 rings (SSSR count). The summed E-state index contributed by atoms with van der Waals surface area (Å²) in [4.78, 5) is 38.4. The van der Waals surface area contributed by atoms with E-state index in [0.717, 1.165) is 116 Å². The topological polar surface area (TPSA) is 78.9 Å². The van der Waals surface area contributed by atoms with Gasteiger partial charge in [-0.05, 0) is 103 Å². The van der Waals surface area contributed by atoms with Crippen molar-refractivity contribution in [2.75, 3.05) is 13.2 Å². The first-order valence-electron chi connectivity index (χ1n) is 35.7. The fourth-order valence-electron chi connectivity index (χ4n) is 10.2. The van der Waals surface area contributed by atoms with E-state index in [2.05, 4.69) is 118 Å². The molecule has 0 fully saturated rings. The fourth-order valence-corrected chi connectivity index (χ4v) is 10.2. The Hall–Kier alpha value is -3.67. The van der Waals surface area contributed by atoms with Crippen molar-refractivity contribution in [1.29, 1.82) is 0 Å². The molecule has 6 nitrogen and oxygen atoms in total. The molecule has 0 aromatic rings. The van der Waals surface area contributed by atoms with Gasteiger partial charge in [0.05, 0.1) is 0 Å². The number of allylic oxidation sites excluding steroid dienone is 16. The highest BCUT2D eigenvalue weighted by atomic mass is 16.6. The van der Waals surface area contributed by atoms with Gasteiger partial charge in [-0.15, -0.1) is 0 Å². The quantitative estimate of drug-likeness (QED) is 0.0261. The maximum atomic E-state index is 12.9. The molecule has 0 radical (unpaired) electrons. The van der Waals surface area contributed by atoms with E-state index in [1.54, 1.807) is 0 Å². The van der Waals surface area contributed by atoms with E-state index in [1.165, 1.54) is 199 Å². The van der Waals surface area contributed by atoms with Gasteiger partial charge in [-0.3, -0.25) is 14.4 Å². The van der Waals surface area contributed by atoms with Crippen molar-refractivity contribution < 1.29 is 28.6 Å². The SMILES string of the molecule is CC/C=C\C/C=C\C/C=C\C/C=C\C/C=C\C/C=C\CCCCCCC(=O)OC(COC(=O)CCCCCCCCCCCCC)COC(=O)CCCCCCCCCCCCCCCCCCCCC/C=C\C/C=C\CCCCCCC.